The van der Waals surface area contributed by atoms with Gasteiger partial charge in [-0.05, 0) is 69.4 Å². The van der Waals surface area contributed by atoms with E-state index < -0.39 is 0 Å². The van der Waals surface area contributed by atoms with E-state index in [0.29, 0.717) is 22.7 Å². The molecular weight excluding hydrogens is 348 g/mol. The first-order valence-electron chi connectivity index (χ1n) is 9.17. The molecule has 1 N–H and O–H groups in total. The first-order valence-corrected chi connectivity index (χ1v) is 9.55. The Hall–Kier alpha value is -2.14. The number of hydrogen-bond donors (Lipinski definition) is 1. The van der Waals surface area contributed by atoms with Crippen molar-refractivity contribution in [1.82, 2.24) is 14.9 Å². The van der Waals surface area contributed by atoms with Crippen LogP contribution in [0.1, 0.15) is 54.4 Å². The molecule has 0 aliphatic carbocycles. The Labute approximate surface area is 159 Å². The van der Waals surface area contributed by atoms with Crippen LogP contribution in [0.15, 0.2) is 24.3 Å². The summed E-state index contributed by atoms with van der Waals surface area (Å²) >= 11 is 6.02. The Bertz CT molecular complexity index is 808. The van der Waals surface area contributed by atoms with Crippen molar-refractivity contribution in [2.75, 3.05) is 11.9 Å². The molecule has 0 saturated carbocycles. The maximum atomic E-state index is 13.0. The number of amides is 1. The average Bonchev–Trinajstić information content (AvgIpc) is 2.63. The van der Waals surface area contributed by atoms with Crippen LogP contribution in [0.4, 0.5) is 11.6 Å². The Balaban J connectivity index is 1.86. The SMILES string of the molecule is CCC1CCCCN1C(=O)c1cc(C)nc(Nc2ccc(Cl)cc2C)n1. The minimum atomic E-state index is -0.00192. The highest BCUT2D eigenvalue weighted by Crippen LogP contribution is 2.24. The van der Waals surface area contributed by atoms with Crippen molar-refractivity contribution in [3.8, 4) is 0 Å². The minimum absolute atomic E-state index is 0.00192. The topological polar surface area (TPSA) is 58.1 Å². The molecule has 5 nitrogen and oxygen atoms in total. The lowest BCUT2D eigenvalue weighted by Crippen LogP contribution is -2.43. The Morgan fingerprint density at radius 3 is 2.81 bits per heavy atom. The zero-order valence-corrected chi connectivity index (χ0v) is 16.3. The van der Waals surface area contributed by atoms with Gasteiger partial charge in [-0.2, -0.15) is 0 Å². The first kappa shape index (κ1) is 18.6. The number of hydrogen-bond acceptors (Lipinski definition) is 4. The van der Waals surface area contributed by atoms with Gasteiger partial charge in [-0.15, -0.1) is 0 Å². The van der Waals surface area contributed by atoms with Crippen LogP contribution in [0.25, 0.3) is 0 Å². The molecule has 0 spiro atoms. The van der Waals surface area contributed by atoms with E-state index in [1.807, 2.05) is 36.9 Å². The van der Waals surface area contributed by atoms with E-state index in [1.54, 1.807) is 6.07 Å². The molecule has 1 saturated heterocycles. The second-order valence-corrected chi connectivity index (χ2v) is 7.30. The van der Waals surface area contributed by atoms with Crippen LogP contribution in [0.5, 0.6) is 0 Å². The molecule has 2 heterocycles. The van der Waals surface area contributed by atoms with Gasteiger partial charge in [-0.1, -0.05) is 18.5 Å². The smallest absolute Gasteiger partial charge is 0.272 e. The van der Waals surface area contributed by atoms with Crippen LogP contribution in [-0.4, -0.2) is 33.4 Å². The van der Waals surface area contributed by atoms with Gasteiger partial charge in [0.15, 0.2) is 0 Å². The van der Waals surface area contributed by atoms with Gasteiger partial charge < -0.3 is 10.2 Å². The number of piperidine rings is 1. The number of benzene rings is 1. The van der Waals surface area contributed by atoms with Crippen molar-refractivity contribution >= 4 is 29.1 Å². The van der Waals surface area contributed by atoms with E-state index >= 15 is 0 Å². The van der Waals surface area contributed by atoms with Crippen LogP contribution in [0.3, 0.4) is 0 Å². The van der Waals surface area contributed by atoms with Crippen LogP contribution in [0.2, 0.25) is 5.02 Å². The van der Waals surface area contributed by atoms with Gasteiger partial charge in [0, 0.05) is 29.0 Å². The fourth-order valence-corrected chi connectivity index (χ4v) is 3.69. The van der Waals surface area contributed by atoms with Crippen LogP contribution in [-0.2, 0) is 0 Å². The van der Waals surface area contributed by atoms with E-state index in [0.717, 1.165) is 42.8 Å². The maximum Gasteiger partial charge on any atom is 0.272 e. The number of halogens is 1. The fraction of sp³-hybridized carbons (Fsp3) is 0.450. The molecule has 1 unspecified atom stereocenters. The summed E-state index contributed by atoms with van der Waals surface area (Å²) in [6.45, 7) is 6.79. The summed E-state index contributed by atoms with van der Waals surface area (Å²) in [6, 6.07) is 7.66. The monoisotopic (exact) mass is 372 g/mol. The second-order valence-electron chi connectivity index (χ2n) is 6.86. The molecule has 1 aliphatic heterocycles. The summed E-state index contributed by atoms with van der Waals surface area (Å²) in [4.78, 5) is 23.9. The lowest BCUT2D eigenvalue weighted by molar-refractivity contribution is 0.0602. The van der Waals surface area contributed by atoms with Crippen molar-refractivity contribution in [2.45, 2.75) is 52.5 Å². The van der Waals surface area contributed by atoms with Gasteiger partial charge in [-0.3, -0.25) is 4.79 Å². The molecule has 1 atom stereocenters. The Morgan fingerprint density at radius 2 is 2.08 bits per heavy atom. The highest BCUT2D eigenvalue weighted by Gasteiger charge is 2.27. The summed E-state index contributed by atoms with van der Waals surface area (Å²) in [5.41, 5.74) is 3.09. The van der Waals surface area contributed by atoms with E-state index in [1.165, 1.54) is 6.42 Å². The van der Waals surface area contributed by atoms with Gasteiger partial charge in [0.1, 0.15) is 5.69 Å². The maximum absolute atomic E-state index is 13.0. The molecule has 1 aromatic carbocycles. The molecule has 6 heteroatoms. The third-order valence-electron chi connectivity index (χ3n) is 4.87. The predicted octanol–water partition coefficient (Wildman–Crippen LogP) is 4.90. The Morgan fingerprint density at radius 1 is 1.27 bits per heavy atom. The summed E-state index contributed by atoms with van der Waals surface area (Å²) in [5, 5.41) is 3.90. The normalized spacial score (nSPS) is 17.2. The second kappa shape index (κ2) is 8.04. The summed E-state index contributed by atoms with van der Waals surface area (Å²) in [7, 11) is 0. The average molecular weight is 373 g/mol. The highest BCUT2D eigenvalue weighted by atomic mass is 35.5. The number of anilines is 2. The van der Waals surface area contributed by atoms with Crippen molar-refractivity contribution in [1.29, 1.82) is 0 Å². The number of carbonyl (C=O) groups excluding carboxylic acids is 1. The summed E-state index contributed by atoms with van der Waals surface area (Å²) in [6.07, 6.45) is 4.29. The fourth-order valence-electron chi connectivity index (χ4n) is 3.46. The van der Waals surface area contributed by atoms with Crippen LogP contribution in [0, 0.1) is 13.8 Å². The summed E-state index contributed by atoms with van der Waals surface area (Å²) in [5.74, 6) is 0.432. The molecule has 1 aliphatic rings. The number of likely N-dealkylation sites (tertiary alicyclic amines) is 1. The number of nitrogens with zero attached hydrogens (tertiary/aromatic N) is 3. The molecule has 2 aromatic rings. The third kappa shape index (κ3) is 4.15. The third-order valence-corrected chi connectivity index (χ3v) is 5.10. The number of rotatable bonds is 4. The van der Waals surface area contributed by atoms with Crippen molar-refractivity contribution < 1.29 is 4.79 Å². The quantitative estimate of drug-likeness (QED) is 0.829. The minimum Gasteiger partial charge on any atom is -0.334 e. The zero-order chi connectivity index (χ0) is 18.7. The van der Waals surface area contributed by atoms with Crippen molar-refractivity contribution in [3.05, 3.63) is 46.2 Å². The zero-order valence-electron chi connectivity index (χ0n) is 15.6. The molecule has 0 radical (unpaired) electrons. The molecular formula is C20H25ClN4O. The van der Waals surface area contributed by atoms with Gasteiger partial charge in [0.2, 0.25) is 5.95 Å². The van der Waals surface area contributed by atoms with Gasteiger partial charge >= 0.3 is 0 Å². The van der Waals surface area contributed by atoms with E-state index in [-0.39, 0.29) is 5.91 Å². The van der Waals surface area contributed by atoms with Crippen molar-refractivity contribution in [3.63, 3.8) is 0 Å². The predicted molar refractivity (Wildman–Crippen MR) is 105 cm³/mol. The largest absolute Gasteiger partial charge is 0.334 e. The van der Waals surface area contributed by atoms with Crippen molar-refractivity contribution in [2.24, 2.45) is 0 Å². The van der Waals surface area contributed by atoms with Gasteiger partial charge in [0.25, 0.3) is 5.91 Å². The standard InChI is InChI=1S/C20H25ClN4O/c1-4-16-7-5-6-10-25(16)19(26)18-12-14(3)22-20(24-18)23-17-9-8-15(21)11-13(17)2/h8-9,11-12,16H,4-7,10H2,1-3H3,(H,22,23,24). The number of aryl methyl sites for hydroxylation is 2. The van der Waals surface area contributed by atoms with Crippen LogP contribution < -0.4 is 5.32 Å². The van der Waals surface area contributed by atoms with Gasteiger partial charge in [0.05, 0.1) is 0 Å². The molecule has 1 aromatic heterocycles. The summed E-state index contributed by atoms with van der Waals surface area (Å²) < 4.78 is 0. The lowest BCUT2D eigenvalue weighted by Gasteiger charge is -2.35. The number of nitrogens with one attached hydrogen (secondary N) is 1. The molecule has 1 amide bonds. The van der Waals surface area contributed by atoms with E-state index in [2.05, 4.69) is 22.2 Å². The molecule has 138 valence electrons. The van der Waals surface area contributed by atoms with E-state index in [9.17, 15) is 4.79 Å². The molecule has 0 bridgehead atoms. The first-order chi connectivity index (χ1) is 12.5. The highest BCUT2D eigenvalue weighted by molar-refractivity contribution is 6.30. The molecule has 1 fully saturated rings. The van der Waals surface area contributed by atoms with Crippen LogP contribution >= 0.6 is 11.6 Å². The number of aromatic nitrogens is 2. The van der Waals surface area contributed by atoms with Gasteiger partial charge in [-0.25, -0.2) is 9.97 Å². The Kier molecular flexibility index (Phi) is 5.77. The molecule has 26 heavy (non-hydrogen) atoms. The van der Waals surface area contributed by atoms with E-state index in [4.69, 9.17) is 11.6 Å². The molecule has 3 rings (SSSR count). The lowest BCUT2D eigenvalue weighted by atomic mass is 9.99. The number of carbonyl (C=O) groups is 1.